The average Bonchev–Trinajstić information content (AvgIpc) is 2.31. The number of urea groups is 1. The predicted molar refractivity (Wildman–Crippen MR) is 40.2 cm³/mol. The van der Waals surface area contributed by atoms with E-state index in [0.29, 0.717) is 13.1 Å². The lowest BCUT2D eigenvalue weighted by molar-refractivity contribution is -0.0418. The molecule has 1 unspecified atom stereocenters. The quantitative estimate of drug-likeness (QED) is 0.673. The Balaban J connectivity index is 2.63. The van der Waals surface area contributed by atoms with Gasteiger partial charge in [-0.3, -0.25) is 0 Å². The minimum atomic E-state index is -2.83. The number of nitrogens with zero attached hydrogens (tertiary/aromatic N) is 1. The van der Waals surface area contributed by atoms with Crippen molar-refractivity contribution in [3.63, 3.8) is 0 Å². The van der Waals surface area contributed by atoms with Crippen molar-refractivity contribution in [1.29, 1.82) is 0 Å². The van der Waals surface area contributed by atoms with Gasteiger partial charge in [-0.25, -0.2) is 13.6 Å². The molecule has 1 atom stereocenters. The first-order valence-corrected chi connectivity index (χ1v) is 3.85. The van der Waals surface area contributed by atoms with E-state index in [-0.39, 0.29) is 0 Å². The summed E-state index contributed by atoms with van der Waals surface area (Å²) in [7, 11) is 0. The van der Waals surface area contributed by atoms with Crippen molar-refractivity contribution in [1.82, 2.24) is 10.2 Å². The summed E-state index contributed by atoms with van der Waals surface area (Å²) >= 11 is 0. The SMILES string of the molecule is CC(N1CCNC1=O)C(C)(F)F. The van der Waals surface area contributed by atoms with Crippen molar-refractivity contribution in [2.45, 2.75) is 25.8 Å². The summed E-state index contributed by atoms with van der Waals surface area (Å²) in [4.78, 5) is 12.1. The van der Waals surface area contributed by atoms with Crippen LogP contribution in [-0.2, 0) is 0 Å². The molecule has 3 nitrogen and oxygen atoms in total. The summed E-state index contributed by atoms with van der Waals surface area (Å²) in [6.07, 6.45) is 0. The summed E-state index contributed by atoms with van der Waals surface area (Å²) in [6, 6.07) is -1.43. The number of amides is 2. The summed E-state index contributed by atoms with van der Waals surface area (Å²) in [5.41, 5.74) is 0. The van der Waals surface area contributed by atoms with E-state index in [1.54, 1.807) is 0 Å². The lowest BCUT2D eigenvalue weighted by Gasteiger charge is -2.27. The second-order valence-electron chi connectivity index (χ2n) is 3.06. The van der Waals surface area contributed by atoms with E-state index in [1.165, 1.54) is 6.92 Å². The molecule has 0 aromatic rings. The van der Waals surface area contributed by atoms with Gasteiger partial charge in [-0.05, 0) is 6.92 Å². The molecule has 1 fully saturated rings. The molecule has 0 spiro atoms. The van der Waals surface area contributed by atoms with Gasteiger partial charge in [-0.1, -0.05) is 0 Å². The molecule has 5 heteroatoms. The topological polar surface area (TPSA) is 32.3 Å². The summed E-state index contributed by atoms with van der Waals surface area (Å²) in [5.74, 6) is -2.83. The molecule has 1 N–H and O–H groups in total. The normalized spacial score (nSPS) is 21.0. The third-order valence-electron chi connectivity index (χ3n) is 2.09. The molecule has 0 radical (unpaired) electrons. The van der Waals surface area contributed by atoms with Gasteiger partial charge in [0.15, 0.2) is 0 Å². The van der Waals surface area contributed by atoms with Gasteiger partial charge in [0.1, 0.15) is 0 Å². The first-order valence-electron chi connectivity index (χ1n) is 3.85. The van der Waals surface area contributed by atoms with Crippen LogP contribution in [0.3, 0.4) is 0 Å². The van der Waals surface area contributed by atoms with E-state index >= 15 is 0 Å². The minimum absolute atomic E-state index is 0.365. The van der Waals surface area contributed by atoms with Crippen LogP contribution in [0.5, 0.6) is 0 Å². The Morgan fingerprint density at radius 2 is 2.25 bits per heavy atom. The van der Waals surface area contributed by atoms with E-state index in [2.05, 4.69) is 5.32 Å². The number of alkyl halides is 2. The highest BCUT2D eigenvalue weighted by atomic mass is 19.3. The van der Waals surface area contributed by atoms with Crippen molar-refractivity contribution >= 4 is 6.03 Å². The zero-order chi connectivity index (χ0) is 9.35. The third kappa shape index (κ3) is 1.65. The number of halogens is 2. The fourth-order valence-corrected chi connectivity index (χ4v) is 1.13. The van der Waals surface area contributed by atoms with E-state index in [4.69, 9.17) is 0 Å². The maximum atomic E-state index is 12.7. The number of hydrogen-bond acceptors (Lipinski definition) is 1. The molecule has 0 aliphatic carbocycles. The van der Waals surface area contributed by atoms with Crippen LogP contribution in [-0.4, -0.2) is 36.0 Å². The van der Waals surface area contributed by atoms with Crippen LogP contribution in [0.4, 0.5) is 13.6 Å². The van der Waals surface area contributed by atoms with Gasteiger partial charge in [0.2, 0.25) is 0 Å². The van der Waals surface area contributed by atoms with Gasteiger partial charge in [0, 0.05) is 20.0 Å². The lowest BCUT2D eigenvalue weighted by Crippen LogP contribution is -2.45. The van der Waals surface area contributed by atoms with E-state index < -0.39 is 18.0 Å². The van der Waals surface area contributed by atoms with E-state index in [0.717, 1.165) is 11.8 Å². The molecule has 0 saturated carbocycles. The maximum Gasteiger partial charge on any atom is 0.317 e. The molecule has 1 aliphatic heterocycles. The first kappa shape index (κ1) is 9.22. The molecule has 12 heavy (non-hydrogen) atoms. The van der Waals surface area contributed by atoms with Crippen LogP contribution < -0.4 is 5.32 Å². The third-order valence-corrected chi connectivity index (χ3v) is 2.09. The number of carbonyl (C=O) groups excluding carboxylic acids is 1. The molecular weight excluding hydrogens is 166 g/mol. The molecule has 70 valence electrons. The molecule has 1 saturated heterocycles. The molecule has 0 aromatic heterocycles. The second-order valence-corrected chi connectivity index (χ2v) is 3.06. The molecular formula is C7H12F2N2O. The van der Waals surface area contributed by atoms with Crippen LogP contribution >= 0.6 is 0 Å². The number of rotatable bonds is 2. The van der Waals surface area contributed by atoms with Crippen LogP contribution in [0, 0.1) is 0 Å². The molecule has 1 rings (SSSR count). The standard InChI is InChI=1S/C7H12F2N2O/c1-5(7(2,8)9)11-4-3-10-6(11)12/h5H,3-4H2,1-2H3,(H,10,12). The van der Waals surface area contributed by atoms with E-state index in [1.807, 2.05) is 0 Å². The van der Waals surface area contributed by atoms with Crippen molar-refractivity contribution in [2.75, 3.05) is 13.1 Å². The maximum absolute atomic E-state index is 12.7. The summed E-state index contributed by atoms with van der Waals surface area (Å²) in [6.45, 7) is 3.00. The Hall–Kier alpha value is -0.870. The highest BCUT2D eigenvalue weighted by molar-refractivity contribution is 5.76. The minimum Gasteiger partial charge on any atom is -0.336 e. The Labute approximate surface area is 69.7 Å². The summed E-state index contributed by atoms with van der Waals surface area (Å²) < 4.78 is 25.4. The average molecular weight is 178 g/mol. The van der Waals surface area contributed by atoms with E-state index in [9.17, 15) is 13.6 Å². The van der Waals surface area contributed by atoms with Crippen molar-refractivity contribution in [3.05, 3.63) is 0 Å². The fourth-order valence-electron chi connectivity index (χ4n) is 1.13. The van der Waals surface area contributed by atoms with Gasteiger partial charge < -0.3 is 10.2 Å². The van der Waals surface area contributed by atoms with Gasteiger partial charge in [-0.2, -0.15) is 0 Å². The van der Waals surface area contributed by atoms with Gasteiger partial charge >= 0.3 is 6.03 Å². The molecule has 1 aliphatic rings. The predicted octanol–water partition coefficient (Wildman–Crippen LogP) is 1.06. The zero-order valence-corrected chi connectivity index (χ0v) is 7.10. The first-order chi connectivity index (χ1) is 5.43. The highest BCUT2D eigenvalue weighted by Gasteiger charge is 2.38. The smallest absolute Gasteiger partial charge is 0.317 e. The van der Waals surface area contributed by atoms with Crippen molar-refractivity contribution in [3.8, 4) is 0 Å². The van der Waals surface area contributed by atoms with Gasteiger partial charge in [0.25, 0.3) is 5.92 Å². The molecule has 1 heterocycles. The van der Waals surface area contributed by atoms with Crippen LogP contribution in [0.2, 0.25) is 0 Å². The van der Waals surface area contributed by atoms with Crippen molar-refractivity contribution < 1.29 is 13.6 Å². The Bertz CT molecular complexity index is 190. The zero-order valence-electron chi connectivity index (χ0n) is 7.10. The second kappa shape index (κ2) is 2.88. The molecule has 0 aromatic carbocycles. The number of nitrogens with one attached hydrogen (secondary N) is 1. The largest absolute Gasteiger partial charge is 0.336 e. The molecule has 0 bridgehead atoms. The van der Waals surface area contributed by atoms with Crippen LogP contribution in [0.25, 0.3) is 0 Å². The van der Waals surface area contributed by atoms with Crippen LogP contribution in [0.15, 0.2) is 0 Å². The lowest BCUT2D eigenvalue weighted by atomic mass is 10.2. The number of hydrogen-bond donors (Lipinski definition) is 1. The van der Waals surface area contributed by atoms with Crippen molar-refractivity contribution in [2.24, 2.45) is 0 Å². The number of carbonyl (C=O) groups is 1. The fraction of sp³-hybridized carbons (Fsp3) is 0.857. The van der Waals surface area contributed by atoms with Crippen LogP contribution in [0.1, 0.15) is 13.8 Å². The van der Waals surface area contributed by atoms with Gasteiger partial charge in [-0.15, -0.1) is 0 Å². The Morgan fingerprint density at radius 1 is 1.67 bits per heavy atom. The Kier molecular flexibility index (Phi) is 2.21. The van der Waals surface area contributed by atoms with Gasteiger partial charge in [0.05, 0.1) is 6.04 Å². The Morgan fingerprint density at radius 3 is 2.58 bits per heavy atom. The monoisotopic (exact) mass is 178 g/mol. The molecule has 2 amide bonds. The summed E-state index contributed by atoms with van der Waals surface area (Å²) in [5, 5.41) is 2.48. The highest BCUT2D eigenvalue weighted by Crippen LogP contribution is 2.22.